The highest BCUT2D eigenvalue weighted by Crippen LogP contribution is 2.31. The van der Waals surface area contributed by atoms with Gasteiger partial charge in [-0.15, -0.1) is 0 Å². The van der Waals surface area contributed by atoms with Crippen molar-refractivity contribution < 1.29 is 17.6 Å². The summed E-state index contributed by atoms with van der Waals surface area (Å²) >= 11 is 0. The van der Waals surface area contributed by atoms with Crippen LogP contribution in [0.2, 0.25) is 0 Å². The molecule has 0 saturated carbocycles. The summed E-state index contributed by atoms with van der Waals surface area (Å²) < 4.78 is 56.0. The molecule has 0 fully saturated rings. The van der Waals surface area contributed by atoms with E-state index in [1.165, 1.54) is 25.5 Å². The summed E-state index contributed by atoms with van der Waals surface area (Å²) in [5.41, 5.74) is -0.261. The van der Waals surface area contributed by atoms with Crippen LogP contribution in [0.1, 0.15) is 50.2 Å². The molecule has 0 unspecified atom stereocenters. The van der Waals surface area contributed by atoms with Crippen LogP contribution in [0.3, 0.4) is 0 Å². The fourth-order valence-corrected chi connectivity index (χ4v) is 2.81. The van der Waals surface area contributed by atoms with Crippen molar-refractivity contribution in [3.63, 3.8) is 0 Å². The Morgan fingerprint density at radius 2 is 1.50 bits per heavy atom. The standard InChI is InChI=1S/C20H22F4/c1-3-4-5-6-7-8-14-9-10-15(16(21)12-14)18-17(22)11-13(2)19(23)20(18)24/h9-12H,3-8H2,1-2H3. The first-order valence-corrected chi connectivity index (χ1v) is 8.38. The molecule has 0 heterocycles. The predicted molar refractivity (Wildman–Crippen MR) is 88.9 cm³/mol. The Hall–Kier alpha value is -1.84. The van der Waals surface area contributed by atoms with Gasteiger partial charge in [0.15, 0.2) is 11.6 Å². The average molecular weight is 338 g/mol. The van der Waals surface area contributed by atoms with Gasteiger partial charge in [-0.3, -0.25) is 0 Å². The highest BCUT2D eigenvalue weighted by molar-refractivity contribution is 5.66. The zero-order valence-electron chi connectivity index (χ0n) is 14.1. The third-order valence-corrected chi connectivity index (χ3v) is 4.21. The summed E-state index contributed by atoms with van der Waals surface area (Å²) in [6, 6.07) is 5.14. The molecule has 0 nitrogen and oxygen atoms in total. The van der Waals surface area contributed by atoms with Gasteiger partial charge in [-0.25, -0.2) is 17.6 Å². The van der Waals surface area contributed by atoms with Crippen molar-refractivity contribution in [3.8, 4) is 11.1 Å². The normalized spacial score (nSPS) is 11.1. The molecule has 0 aromatic heterocycles. The monoisotopic (exact) mass is 338 g/mol. The fourth-order valence-electron chi connectivity index (χ4n) is 2.81. The Bertz CT molecular complexity index is 707. The molecule has 2 aromatic rings. The number of halogens is 4. The van der Waals surface area contributed by atoms with Crippen LogP contribution < -0.4 is 0 Å². The molecule has 130 valence electrons. The summed E-state index contributed by atoms with van der Waals surface area (Å²) in [6.07, 6.45) is 6.23. The maximum Gasteiger partial charge on any atom is 0.169 e. The summed E-state index contributed by atoms with van der Waals surface area (Å²) in [7, 11) is 0. The second-order valence-corrected chi connectivity index (χ2v) is 6.16. The van der Waals surface area contributed by atoms with Crippen LogP contribution in [0.25, 0.3) is 11.1 Å². The van der Waals surface area contributed by atoms with E-state index in [1.54, 1.807) is 6.07 Å². The number of hydrogen-bond acceptors (Lipinski definition) is 0. The highest BCUT2D eigenvalue weighted by Gasteiger charge is 2.20. The van der Waals surface area contributed by atoms with Gasteiger partial charge in [0.05, 0.1) is 5.56 Å². The Balaban J connectivity index is 2.20. The summed E-state index contributed by atoms with van der Waals surface area (Å²) in [5.74, 6) is -4.19. The zero-order chi connectivity index (χ0) is 17.7. The van der Waals surface area contributed by atoms with Crippen LogP contribution in [0.5, 0.6) is 0 Å². The zero-order valence-corrected chi connectivity index (χ0v) is 14.1. The van der Waals surface area contributed by atoms with E-state index in [1.807, 2.05) is 0 Å². The van der Waals surface area contributed by atoms with Crippen LogP contribution in [-0.4, -0.2) is 0 Å². The highest BCUT2D eigenvalue weighted by atomic mass is 19.2. The lowest BCUT2D eigenvalue weighted by atomic mass is 9.98. The fraction of sp³-hybridized carbons (Fsp3) is 0.400. The molecule has 0 amide bonds. The van der Waals surface area contributed by atoms with Crippen molar-refractivity contribution in [2.24, 2.45) is 0 Å². The molecule has 2 aromatic carbocycles. The largest absolute Gasteiger partial charge is 0.206 e. The van der Waals surface area contributed by atoms with Gasteiger partial charge in [-0.05, 0) is 43.0 Å². The first kappa shape index (κ1) is 18.5. The van der Waals surface area contributed by atoms with Gasteiger partial charge >= 0.3 is 0 Å². The molecule has 0 aliphatic carbocycles. The third-order valence-electron chi connectivity index (χ3n) is 4.21. The van der Waals surface area contributed by atoms with E-state index >= 15 is 0 Å². The first-order chi connectivity index (χ1) is 11.5. The van der Waals surface area contributed by atoms with E-state index in [2.05, 4.69) is 6.92 Å². The molecule has 0 aliphatic heterocycles. The van der Waals surface area contributed by atoms with Gasteiger partial charge < -0.3 is 0 Å². The van der Waals surface area contributed by atoms with E-state index in [-0.39, 0.29) is 11.1 Å². The third kappa shape index (κ3) is 4.16. The average Bonchev–Trinajstić information content (AvgIpc) is 2.54. The van der Waals surface area contributed by atoms with Crippen molar-refractivity contribution in [2.75, 3.05) is 0 Å². The Morgan fingerprint density at radius 1 is 0.792 bits per heavy atom. The van der Waals surface area contributed by atoms with Crippen LogP contribution in [0.15, 0.2) is 24.3 Å². The van der Waals surface area contributed by atoms with E-state index in [0.717, 1.165) is 37.3 Å². The lowest BCUT2D eigenvalue weighted by Gasteiger charge is -2.10. The topological polar surface area (TPSA) is 0 Å². The number of aryl methyl sites for hydroxylation is 2. The summed E-state index contributed by atoms with van der Waals surface area (Å²) in [5, 5.41) is 0. The first-order valence-electron chi connectivity index (χ1n) is 8.38. The molecule has 24 heavy (non-hydrogen) atoms. The quantitative estimate of drug-likeness (QED) is 0.298. The van der Waals surface area contributed by atoms with Crippen molar-refractivity contribution in [2.45, 2.75) is 52.4 Å². The SMILES string of the molecule is CCCCCCCc1ccc(-c2c(F)cc(C)c(F)c2F)c(F)c1. The molecule has 0 saturated heterocycles. The molecule has 0 spiro atoms. The Morgan fingerprint density at radius 3 is 2.17 bits per heavy atom. The molecule has 4 heteroatoms. The number of hydrogen-bond donors (Lipinski definition) is 0. The van der Waals surface area contributed by atoms with Gasteiger partial charge in [0.1, 0.15) is 11.6 Å². The van der Waals surface area contributed by atoms with Gasteiger partial charge in [-0.2, -0.15) is 0 Å². The van der Waals surface area contributed by atoms with Crippen molar-refractivity contribution in [1.29, 1.82) is 0 Å². The van der Waals surface area contributed by atoms with E-state index in [4.69, 9.17) is 0 Å². The predicted octanol–water partition coefficient (Wildman–Crippen LogP) is 6.73. The molecular weight excluding hydrogens is 316 g/mol. The minimum absolute atomic E-state index is 0.141. The van der Waals surface area contributed by atoms with Gasteiger partial charge in [0, 0.05) is 5.56 Å². The molecule has 0 aliphatic rings. The van der Waals surface area contributed by atoms with Crippen LogP contribution in [0.4, 0.5) is 17.6 Å². The number of unbranched alkanes of at least 4 members (excludes halogenated alkanes) is 4. The molecule has 0 N–H and O–H groups in total. The van der Waals surface area contributed by atoms with E-state index in [0.29, 0.717) is 6.42 Å². The minimum Gasteiger partial charge on any atom is -0.206 e. The second-order valence-electron chi connectivity index (χ2n) is 6.16. The summed E-state index contributed by atoms with van der Waals surface area (Å²) in [6.45, 7) is 3.41. The maximum atomic E-state index is 14.3. The second kappa shape index (κ2) is 8.32. The molecule has 0 bridgehead atoms. The molecule has 2 rings (SSSR count). The maximum absolute atomic E-state index is 14.3. The van der Waals surface area contributed by atoms with Crippen LogP contribution in [0, 0.1) is 30.2 Å². The van der Waals surface area contributed by atoms with Gasteiger partial charge in [-0.1, -0.05) is 44.7 Å². The smallest absolute Gasteiger partial charge is 0.169 e. The van der Waals surface area contributed by atoms with Gasteiger partial charge in [0.2, 0.25) is 0 Å². The van der Waals surface area contributed by atoms with Crippen molar-refractivity contribution in [1.82, 2.24) is 0 Å². The molecular formula is C20H22F4. The van der Waals surface area contributed by atoms with Crippen LogP contribution in [-0.2, 0) is 6.42 Å². The number of rotatable bonds is 7. The lowest BCUT2D eigenvalue weighted by molar-refractivity contribution is 0.492. The van der Waals surface area contributed by atoms with Crippen LogP contribution >= 0.6 is 0 Å². The van der Waals surface area contributed by atoms with Crippen molar-refractivity contribution >= 4 is 0 Å². The van der Waals surface area contributed by atoms with Crippen molar-refractivity contribution in [3.05, 3.63) is 58.7 Å². The minimum atomic E-state index is -1.35. The molecule has 0 atom stereocenters. The Labute approximate surface area is 140 Å². The lowest BCUT2D eigenvalue weighted by Crippen LogP contribution is -2.00. The molecule has 0 radical (unpaired) electrons. The Kier molecular flexibility index (Phi) is 6.41. The van der Waals surface area contributed by atoms with Gasteiger partial charge in [0.25, 0.3) is 0 Å². The van der Waals surface area contributed by atoms with E-state index in [9.17, 15) is 17.6 Å². The number of benzene rings is 2. The van der Waals surface area contributed by atoms with E-state index < -0.39 is 28.8 Å². The summed E-state index contributed by atoms with van der Waals surface area (Å²) in [4.78, 5) is 0.